The maximum atomic E-state index is 12.2. The molecule has 0 aliphatic heterocycles. The molecule has 1 unspecified atom stereocenters. The van der Waals surface area contributed by atoms with E-state index in [4.69, 9.17) is 5.73 Å². The summed E-state index contributed by atoms with van der Waals surface area (Å²) in [6.45, 7) is 12.4. The fourth-order valence-electron chi connectivity index (χ4n) is 1.87. The van der Waals surface area contributed by atoms with Gasteiger partial charge in [-0.3, -0.25) is 9.69 Å². The maximum absolute atomic E-state index is 12.2. The molecule has 0 heterocycles. The van der Waals surface area contributed by atoms with Gasteiger partial charge in [0.1, 0.15) is 0 Å². The first-order chi connectivity index (χ1) is 8.32. The number of carbonyl (C=O) groups is 1. The summed E-state index contributed by atoms with van der Waals surface area (Å²) < 4.78 is 0. The normalized spacial score (nSPS) is 14.9. The monoisotopic (exact) mass is 257 g/mol. The Hall–Kier alpha value is -0.610. The van der Waals surface area contributed by atoms with Crippen molar-refractivity contribution in [1.82, 2.24) is 9.80 Å². The van der Waals surface area contributed by atoms with Gasteiger partial charge in [-0.1, -0.05) is 13.8 Å². The Balaban J connectivity index is 4.77. The molecule has 2 N–H and O–H groups in total. The maximum Gasteiger partial charge on any atom is 0.236 e. The van der Waals surface area contributed by atoms with Gasteiger partial charge in [0.05, 0.1) is 6.54 Å². The van der Waals surface area contributed by atoms with Crippen LogP contribution in [0.2, 0.25) is 0 Å². The van der Waals surface area contributed by atoms with Crippen molar-refractivity contribution in [3.8, 4) is 0 Å². The zero-order chi connectivity index (χ0) is 14.3. The molecule has 4 nitrogen and oxygen atoms in total. The fourth-order valence-corrected chi connectivity index (χ4v) is 1.87. The van der Waals surface area contributed by atoms with E-state index in [1.54, 1.807) is 4.90 Å². The molecule has 0 rings (SSSR count). The molecule has 0 aromatic heterocycles. The van der Waals surface area contributed by atoms with Crippen molar-refractivity contribution in [2.75, 3.05) is 26.7 Å². The van der Waals surface area contributed by atoms with E-state index < -0.39 is 0 Å². The van der Waals surface area contributed by atoms with Crippen LogP contribution in [-0.2, 0) is 4.79 Å². The average Bonchev–Trinajstić information content (AvgIpc) is 2.36. The van der Waals surface area contributed by atoms with Gasteiger partial charge in [-0.2, -0.15) is 0 Å². The summed E-state index contributed by atoms with van der Waals surface area (Å²) in [7, 11) is 1.86. The summed E-state index contributed by atoms with van der Waals surface area (Å²) in [5.41, 5.74) is 5.81. The van der Waals surface area contributed by atoms with E-state index in [1.807, 2.05) is 20.9 Å². The second kappa shape index (κ2) is 7.74. The lowest BCUT2D eigenvalue weighted by atomic mass is 9.96. The van der Waals surface area contributed by atoms with Crippen LogP contribution in [0.3, 0.4) is 0 Å². The van der Waals surface area contributed by atoms with E-state index in [1.165, 1.54) is 0 Å². The molecule has 0 fully saturated rings. The number of nitrogens with zero attached hydrogens (tertiary/aromatic N) is 2. The van der Waals surface area contributed by atoms with E-state index in [-0.39, 0.29) is 17.5 Å². The largest absolute Gasteiger partial charge is 0.342 e. The van der Waals surface area contributed by atoms with Gasteiger partial charge in [0.25, 0.3) is 0 Å². The van der Waals surface area contributed by atoms with Crippen molar-refractivity contribution < 1.29 is 4.79 Å². The second-order valence-corrected chi connectivity index (χ2v) is 5.57. The molecule has 1 atom stereocenters. The Morgan fingerprint density at radius 2 is 1.89 bits per heavy atom. The number of hydrogen-bond acceptors (Lipinski definition) is 3. The molecule has 18 heavy (non-hydrogen) atoms. The standard InChI is InChI=1S/C14H31N3O/c1-7-9-17(14(5,8-2)11-15)10-13(18)16(6)12(3)4/h12H,7-11,15H2,1-6H3. The van der Waals surface area contributed by atoms with Crippen LogP contribution in [0.5, 0.6) is 0 Å². The van der Waals surface area contributed by atoms with Crippen LogP contribution in [-0.4, -0.2) is 54.0 Å². The lowest BCUT2D eigenvalue weighted by Crippen LogP contribution is -2.55. The fraction of sp³-hybridized carbons (Fsp3) is 0.929. The van der Waals surface area contributed by atoms with Crippen molar-refractivity contribution in [1.29, 1.82) is 0 Å². The molecular weight excluding hydrogens is 226 g/mol. The Morgan fingerprint density at radius 3 is 2.22 bits per heavy atom. The zero-order valence-electron chi connectivity index (χ0n) is 13.0. The number of likely N-dealkylation sites (N-methyl/N-ethyl adjacent to an activating group) is 1. The highest BCUT2D eigenvalue weighted by atomic mass is 16.2. The van der Waals surface area contributed by atoms with Crippen LogP contribution in [0.25, 0.3) is 0 Å². The predicted octanol–water partition coefficient (Wildman–Crippen LogP) is 1.69. The topological polar surface area (TPSA) is 49.6 Å². The molecule has 0 aliphatic carbocycles. The van der Waals surface area contributed by atoms with Crippen molar-refractivity contribution in [2.45, 2.75) is 59.0 Å². The molecule has 1 amide bonds. The molecule has 0 bridgehead atoms. The average molecular weight is 257 g/mol. The summed E-state index contributed by atoms with van der Waals surface area (Å²) in [6.07, 6.45) is 2.00. The summed E-state index contributed by atoms with van der Waals surface area (Å²) in [5, 5.41) is 0. The summed E-state index contributed by atoms with van der Waals surface area (Å²) >= 11 is 0. The third kappa shape index (κ3) is 4.58. The quantitative estimate of drug-likeness (QED) is 0.720. The number of carbonyl (C=O) groups excluding carboxylic acids is 1. The Labute approximate surface area is 113 Å². The number of amides is 1. The van der Waals surface area contributed by atoms with E-state index in [0.29, 0.717) is 13.1 Å². The molecular formula is C14H31N3O. The van der Waals surface area contributed by atoms with Crippen molar-refractivity contribution >= 4 is 5.91 Å². The Morgan fingerprint density at radius 1 is 1.33 bits per heavy atom. The molecule has 0 spiro atoms. The van der Waals surface area contributed by atoms with Gasteiger partial charge in [0, 0.05) is 25.2 Å². The Bertz CT molecular complexity index is 249. The summed E-state index contributed by atoms with van der Waals surface area (Å²) in [4.78, 5) is 16.2. The van der Waals surface area contributed by atoms with Crippen molar-refractivity contribution in [3.63, 3.8) is 0 Å². The van der Waals surface area contributed by atoms with Gasteiger partial charge in [-0.25, -0.2) is 0 Å². The van der Waals surface area contributed by atoms with Crippen molar-refractivity contribution in [3.05, 3.63) is 0 Å². The van der Waals surface area contributed by atoms with Crippen LogP contribution in [0.1, 0.15) is 47.5 Å². The highest BCUT2D eigenvalue weighted by Gasteiger charge is 2.30. The minimum atomic E-state index is -0.0799. The SMILES string of the molecule is CCCN(CC(=O)N(C)C(C)C)C(C)(CC)CN. The number of nitrogens with two attached hydrogens (primary N) is 1. The summed E-state index contributed by atoms with van der Waals surface area (Å²) in [5.74, 6) is 0.173. The molecule has 0 saturated heterocycles. The van der Waals surface area contributed by atoms with Crippen LogP contribution < -0.4 is 5.73 Å². The highest BCUT2D eigenvalue weighted by molar-refractivity contribution is 5.78. The second-order valence-electron chi connectivity index (χ2n) is 5.57. The third-order valence-electron chi connectivity index (χ3n) is 3.95. The first-order valence-corrected chi connectivity index (χ1v) is 7.03. The molecule has 4 heteroatoms. The molecule has 0 aromatic carbocycles. The first-order valence-electron chi connectivity index (χ1n) is 7.03. The summed E-state index contributed by atoms with van der Waals surface area (Å²) in [6, 6.07) is 0.242. The number of rotatable bonds is 8. The highest BCUT2D eigenvalue weighted by Crippen LogP contribution is 2.18. The first kappa shape index (κ1) is 17.4. The molecule has 0 aromatic rings. The van der Waals surface area contributed by atoms with Crippen LogP contribution in [0.15, 0.2) is 0 Å². The predicted molar refractivity (Wildman–Crippen MR) is 77.5 cm³/mol. The van der Waals surface area contributed by atoms with E-state index in [0.717, 1.165) is 19.4 Å². The smallest absolute Gasteiger partial charge is 0.236 e. The van der Waals surface area contributed by atoms with Crippen molar-refractivity contribution in [2.24, 2.45) is 5.73 Å². The van der Waals surface area contributed by atoms with Gasteiger partial charge < -0.3 is 10.6 Å². The van der Waals surface area contributed by atoms with Gasteiger partial charge in [0.15, 0.2) is 0 Å². The third-order valence-corrected chi connectivity index (χ3v) is 3.95. The van der Waals surface area contributed by atoms with Gasteiger partial charge in [-0.15, -0.1) is 0 Å². The Kier molecular flexibility index (Phi) is 7.48. The molecule has 0 saturated carbocycles. The van der Waals surface area contributed by atoms with Crippen LogP contribution in [0, 0.1) is 0 Å². The van der Waals surface area contributed by atoms with E-state index in [2.05, 4.69) is 25.7 Å². The lowest BCUT2D eigenvalue weighted by molar-refractivity contribution is -0.134. The zero-order valence-corrected chi connectivity index (χ0v) is 13.0. The van der Waals surface area contributed by atoms with Crippen LogP contribution >= 0.6 is 0 Å². The van der Waals surface area contributed by atoms with Gasteiger partial charge in [0.2, 0.25) is 5.91 Å². The molecule has 0 aliphatic rings. The van der Waals surface area contributed by atoms with Gasteiger partial charge >= 0.3 is 0 Å². The number of hydrogen-bond donors (Lipinski definition) is 1. The van der Waals surface area contributed by atoms with E-state index in [9.17, 15) is 4.79 Å². The minimum absolute atomic E-state index is 0.0799. The lowest BCUT2D eigenvalue weighted by Gasteiger charge is -2.40. The van der Waals surface area contributed by atoms with Gasteiger partial charge in [-0.05, 0) is 40.2 Å². The molecule has 0 radical (unpaired) electrons. The van der Waals surface area contributed by atoms with Crippen LogP contribution in [0.4, 0.5) is 0 Å². The minimum Gasteiger partial charge on any atom is -0.342 e. The van der Waals surface area contributed by atoms with E-state index >= 15 is 0 Å². The molecule has 108 valence electrons.